The molecule has 2 atom stereocenters. The molecular weight excluding hydrogens is 387 g/mol. The van der Waals surface area contributed by atoms with Crippen LogP contribution in [-0.4, -0.2) is 5.11 Å². The van der Waals surface area contributed by atoms with Crippen molar-refractivity contribution in [3.8, 4) is 5.75 Å². The van der Waals surface area contributed by atoms with Crippen molar-refractivity contribution in [2.24, 2.45) is 0 Å². The molecular formula is C24H22ClFN2O. The van der Waals surface area contributed by atoms with Crippen LogP contribution in [0.2, 0.25) is 5.02 Å². The van der Waals surface area contributed by atoms with Crippen LogP contribution in [0, 0.1) is 5.82 Å². The van der Waals surface area contributed by atoms with Crippen molar-refractivity contribution >= 4 is 17.3 Å². The smallest absolute Gasteiger partial charge is 0.123 e. The Hall–Kier alpha value is -2.82. The van der Waals surface area contributed by atoms with Gasteiger partial charge in [0.15, 0.2) is 0 Å². The van der Waals surface area contributed by atoms with E-state index in [1.807, 2.05) is 6.08 Å². The minimum Gasteiger partial charge on any atom is -0.508 e. The van der Waals surface area contributed by atoms with Crippen LogP contribution < -0.4 is 10.6 Å². The lowest BCUT2D eigenvalue weighted by Crippen LogP contribution is -2.39. The van der Waals surface area contributed by atoms with Crippen LogP contribution in [0.5, 0.6) is 5.75 Å². The number of phenols is 1. The SMILES string of the molecule is CCc1ccc(C2=CC(c3cc(Cl)ccc3O)NC(c3ccc(F)cc3)N2)cc1. The molecule has 148 valence electrons. The quantitative estimate of drug-likeness (QED) is 0.517. The molecule has 0 saturated carbocycles. The highest BCUT2D eigenvalue weighted by atomic mass is 35.5. The average Bonchev–Trinajstić information content (AvgIpc) is 2.75. The van der Waals surface area contributed by atoms with E-state index in [1.54, 1.807) is 30.3 Å². The van der Waals surface area contributed by atoms with Gasteiger partial charge in [0.1, 0.15) is 17.7 Å². The Bertz CT molecular complexity index is 1030. The number of hydrogen-bond acceptors (Lipinski definition) is 3. The molecule has 0 fully saturated rings. The highest BCUT2D eigenvalue weighted by Gasteiger charge is 2.25. The second kappa shape index (κ2) is 8.27. The van der Waals surface area contributed by atoms with Crippen LogP contribution in [0.25, 0.3) is 5.70 Å². The van der Waals surface area contributed by atoms with Crippen molar-refractivity contribution in [3.63, 3.8) is 0 Å². The Morgan fingerprint density at radius 2 is 1.72 bits per heavy atom. The summed E-state index contributed by atoms with van der Waals surface area (Å²) in [5, 5.41) is 17.9. The van der Waals surface area contributed by atoms with E-state index < -0.39 is 0 Å². The molecule has 0 bridgehead atoms. The van der Waals surface area contributed by atoms with Crippen molar-refractivity contribution < 1.29 is 9.50 Å². The predicted octanol–water partition coefficient (Wildman–Crippen LogP) is 5.72. The summed E-state index contributed by atoms with van der Waals surface area (Å²) in [5.41, 5.74) is 4.83. The summed E-state index contributed by atoms with van der Waals surface area (Å²) in [4.78, 5) is 0. The first kappa shape index (κ1) is 19.5. The Morgan fingerprint density at radius 3 is 2.41 bits per heavy atom. The van der Waals surface area contributed by atoms with Gasteiger partial charge >= 0.3 is 0 Å². The lowest BCUT2D eigenvalue weighted by atomic mass is 9.97. The van der Waals surface area contributed by atoms with E-state index in [4.69, 9.17) is 11.6 Å². The van der Waals surface area contributed by atoms with Gasteiger partial charge < -0.3 is 10.4 Å². The first-order valence-electron chi connectivity index (χ1n) is 9.61. The standard InChI is InChI=1S/C24H22ClFN2O/c1-2-15-3-5-16(6-4-15)21-14-22(20-13-18(25)9-12-23(20)29)28-24(27-21)17-7-10-19(26)11-8-17/h3-14,22,24,27-29H,2H2,1H3. The van der Waals surface area contributed by atoms with E-state index in [1.165, 1.54) is 17.7 Å². The van der Waals surface area contributed by atoms with Crippen LogP contribution >= 0.6 is 11.6 Å². The van der Waals surface area contributed by atoms with Crippen molar-refractivity contribution in [1.82, 2.24) is 10.6 Å². The molecule has 0 radical (unpaired) electrons. The number of rotatable bonds is 4. The van der Waals surface area contributed by atoms with Crippen LogP contribution in [-0.2, 0) is 6.42 Å². The molecule has 0 spiro atoms. The predicted molar refractivity (Wildman–Crippen MR) is 115 cm³/mol. The number of nitrogens with one attached hydrogen (secondary N) is 2. The van der Waals surface area contributed by atoms with Crippen LogP contribution in [0.15, 0.2) is 72.8 Å². The summed E-state index contributed by atoms with van der Waals surface area (Å²) in [6.07, 6.45) is 2.75. The fourth-order valence-electron chi connectivity index (χ4n) is 3.53. The van der Waals surface area contributed by atoms with Gasteiger partial charge in [0.05, 0.1) is 6.04 Å². The number of hydrogen-bond donors (Lipinski definition) is 3. The molecule has 1 aliphatic rings. The number of halogens is 2. The van der Waals surface area contributed by atoms with Gasteiger partial charge in [-0.1, -0.05) is 54.9 Å². The summed E-state index contributed by atoms with van der Waals surface area (Å²) in [7, 11) is 0. The van der Waals surface area contributed by atoms with Crippen molar-refractivity contribution in [1.29, 1.82) is 0 Å². The molecule has 0 amide bonds. The molecule has 3 aromatic rings. The van der Waals surface area contributed by atoms with Crippen molar-refractivity contribution in [3.05, 3.63) is 106 Å². The molecule has 1 aliphatic heterocycles. The maximum Gasteiger partial charge on any atom is 0.123 e. The van der Waals surface area contributed by atoms with E-state index in [0.717, 1.165) is 23.2 Å². The molecule has 0 saturated heterocycles. The lowest BCUT2D eigenvalue weighted by molar-refractivity contribution is 0.419. The minimum atomic E-state index is -0.278. The fourth-order valence-corrected chi connectivity index (χ4v) is 3.71. The third-order valence-electron chi connectivity index (χ3n) is 5.18. The fraction of sp³-hybridized carbons (Fsp3) is 0.167. The zero-order valence-corrected chi connectivity index (χ0v) is 16.7. The molecule has 0 aliphatic carbocycles. The monoisotopic (exact) mass is 408 g/mol. The van der Waals surface area contributed by atoms with E-state index in [2.05, 4.69) is 41.8 Å². The number of aryl methyl sites for hydroxylation is 1. The maximum atomic E-state index is 13.4. The van der Waals surface area contributed by atoms with E-state index in [0.29, 0.717) is 10.6 Å². The maximum absolute atomic E-state index is 13.4. The van der Waals surface area contributed by atoms with Gasteiger partial charge in [-0.2, -0.15) is 0 Å². The molecule has 29 heavy (non-hydrogen) atoms. The first-order chi connectivity index (χ1) is 14.0. The zero-order chi connectivity index (χ0) is 20.4. The first-order valence-corrected chi connectivity index (χ1v) is 9.99. The van der Waals surface area contributed by atoms with Gasteiger partial charge in [0, 0.05) is 16.3 Å². The summed E-state index contributed by atoms with van der Waals surface area (Å²) in [5.74, 6) is -0.108. The third-order valence-corrected chi connectivity index (χ3v) is 5.42. The van der Waals surface area contributed by atoms with Gasteiger partial charge in [-0.05, 0) is 59.5 Å². The summed E-state index contributed by atoms with van der Waals surface area (Å²) >= 11 is 6.18. The van der Waals surface area contributed by atoms with E-state index in [-0.39, 0.29) is 23.8 Å². The van der Waals surface area contributed by atoms with Gasteiger partial charge in [0.2, 0.25) is 0 Å². The largest absolute Gasteiger partial charge is 0.508 e. The molecule has 3 aromatic carbocycles. The second-order valence-electron chi connectivity index (χ2n) is 7.11. The second-order valence-corrected chi connectivity index (χ2v) is 7.54. The average molecular weight is 409 g/mol. The molecule has 5 heteroatoms. The van der Waals surface area contributed by atoms with Crippen LogP contribution in [0.3, 0.4) is 0 Å². The Kier molecular flexibility index (Phi) is 5.56. The molecule has 0 aromatic heterocycles. The van der Waals surface area contributed by atoms with Gasteiger partial charge in [-0.3, -0.25) is 5.32 Å². The summed E-state index contributed by atoms with van der Waals surface area (Å²) < 4.78 is 13.4. The van der Waals surface area contributed by atoms with Gasteiger partial charge in [0.25, 0.3) is 0 Å². The highest BCUT2D eigenvalue weighted by Crippen LogP contribution is 2.34. The number of phenolic OH excluding ortho intramolecular Hbond substituents is 1. The molecule has 2 unspecified atom stereocenters. The van der Waals surface area contributed by atoms with Crippen LogP contribution in [0.4, 0.5) is 4.39 Å². The summed E-state index contributed by atoms with van der Waals surface area (Å²) in [6, 6.07) is 19.5. The van der Waals surface area contributed by atoms with Gasteiger partial charge in [-0.15, -0.1) is 0 Å². The highest BCUT2D eigenvalue weighted by molar-refractivity contribution is 6.30. The normalized spacial score (nSPS) is 18.8. The van der Waals surface area contributed by atoms with Crippen molar-refractivity contribution in [2.75, 3.05) is 0 Å². The minimum absolute atomic E-state index is 0.170. The van der Waals surface area contributed by atoms with Gasteiger partial charge in [-0.25, -0.2) is 4.39 Å². The van der Waals surface area contributed by atoms with E-state index in [9.17, 15) is 9.50 Å². The van der Waals surface area contributed by atoms with Crippen LogP contribution in [0.1, 0.15) is 41.4 Å². The number of aromatic hydroxyl groups is 1. The molecule has 4 rings (SSSR count). The summed E-state index contributed by atoms with van der Waals surface area (Å²) in [6.45, 7) is 2.12. The van der Waals surface area contributed by atoms with E-state index >= 15 is 0 Å². The molecule has 1 heterocycles. The Morgan fingerprint density at radius 1 is 1.00 bits per heavy atom. The lowest BCUT2D eigenvalue weighted by Gasteiger charge is -2.33. The third kappa shape index (κ3) is 4.29. The van der Waals surface area contributed by atoms with Crippen molar-refractivity contribution in [2.45, 2.75) is 25.6 Å². The molecule has 3 nitrogen and oxygen atoms in total. The number of benzene rings is 3. The Balaban J connectivity index is 1.75. The Labute approximate surface area is 174 Å². The topological polar surface area (TPSA) is 44.3 Å². The molecule has 3 N–H and O–H groups in total. The zero-order valence-electron chi connectivity index (χ0n) is 16.0.